The van der Waals surface area contributed by atoms with Crippen LogP contribution < -0.4 is 5.32 Å². The van der Waals surface area contributed by atoms with Crippen molar-refractivity contribution in [1.82, 2.24) is 19.6 Å². The lowest BCUT2D eigenvalue weighted by Crippen LogP contribution is -2.23. The van der Waals surface area contributed by atoms with Gasteiger partial charge in [0.25, 0.3) is 17.4 Å². The number of amides is 1. The first-order valence-corrected chi connectivity index (χ1v) is 10.4. The van der Waals surface area contributed by atoms with Crippen molar-refractivity contribution in [2.75, 3.05) is 18.2 Å². The van der Waals surface area contributed by atoms with E-state index in [0.717, 1.165) is 0 Å². The second-order valence-electron chi connectivity index (χ2n) is 6.68. The molecule has 1 N–H and O–H groups in total. The molecule has 0 saturated heterocycles. The summed E-state index contributed by atoms with van der Waals surface area (Å²) in [4.78, 5) is 43.7. The smallest absolute Gasteiger partial charge is 0.310 e. The molecule has 1 amide bonds. The third-order valence-corrected chi connectivity index (χ3v) is 5.15. The molecule has 162 valence electrons. The minimum Gasteiger partial charge on any atom is -0.455 e. The Labute approximate surface area is 181 Å². The summed E-state index contributed by atoms with van der Waals surface area (Å²) >= 11 is 1.38. The Morgan fingerprint density at radius 3 is 2.68 bits per heavy atom. The first-order valence-electron chi connectivity index (χ1n) is 9.17. The van der Waals surface area contributed by atoms with E-state index in [-0.39, 0.29) is 17.8 Å². The highest BCUT2D eigenvalue weighted by Gasteiger charge is 2.20. The number of ether oxygens (including phenoxy) is 1. The van der Waals surface area contributed by atoms with Crippen LogP contribution in [-0.4, -0.2) is 49.2 Å². The van der Waals surface area contributed by atoms with Gasteiger partial charge in [-0.1, -0.05) is 23.9 Å². The average molecular weight is 444 g/mol. The van der Waals surface area contributed by atoms with Crippen LogP contribution in [0.25, 0.3) is 5.78 Å². The molecule has 2 aromatic heterocycles. The monoisotopic (exact) mass is 444 g/mol. The lowest BCUT2D eigenvalue weighted by molar-refractivity contribution is -0.384. The van der Waals surface area contributed by atoms with Crippen molar-refractivity contribution in [3.05, 3.63) is 50.8 Å². The number of nitrogens with one attached hydrogen (secondary N) is 1. The van der Waals surface area contributed by atoms with E-state index in [9.17, 15) is 19.7 Å². The molecule has 12 heteroatoms. The maximum Gasteiger partial charge on any atom is 0.310 e. The van der Waals surface area contributed by atoms with Crippen LogP contribution in [-0.2, 0) is 20.7 Å². The van der Waals surface area contributed by atoms with Gasteiger partial charge in [-0.05, 0) is 32.6 Å². The molecule has 0 bridgehead atoms. The minimum absolute atomic E-state index is 0.0747. The average Bonchev–Trinajstić information content (AvgIpc) is 3.14. The fourth-order valence-corrected chi connectivity index (χ4v) is 3.35. The molecule has 0 unspecified atom stereocenters. The van der Waals surface area contributed by atoms with Gasteiger partial charge in [0.15, 0.2) is 6.61 Å². The number of carbonyl (C=O) groups excluding carboxylic acids is 2. The number of thioether (sulfide) groups is 1. The summed E-state index contributed by atoms with van der Waals surface area (Å²) in [6.45, 7) is 4.62. The Balaban J connectivity index is 1.67. The van der Waals surface area contributed by atoms with Crippen LogP contribution in [0, 0.1) is 30.9 Å². The molecule has 1 aromatic carbocycles. The molecule has 0 aliphatic rings. The van der Waals surface area contributed by atoms with Crippen LogP contribution in [0.2, 0.25) is 0 Å². The highest BCUT2D eigenvalue weighted by atomic mass is 32.2. The van der Waals surface area contributed by atoms with Crippen LogP contribution in [0.4, 0.5) is 11.4 Å². The number of nitrogens with zero attached hydrogens (tertiary/aromatic N) is 5. The van der Waals surface area contributed by atoms with Gasteiger partial charge < -0.3 is 10.1 Å². The Morgan fingerprint density at radius 2 is 2.00 bits per heavy atom. The van der Waals surface area contributed by atoms with Crippen LogP contribution in [0.1, 0.15) is 22.5 Å². The summed E-state index contributed by atoms with van der Waals surface area (Å²) < 4.78 is 6.63. The normalized spacial score (nSPS) is 10.8. The van der Waals surface area contributed by atoms with Crippen molar-refractivity contribution in [3.63, 3.8) is 0 Å². The third kappa shape index (κ3) is 4.79. The summed E-state index contributed by atoms with van der Waals surface area (Å²) in [7, 11) is 0. The topological polar surface area (TPSA) is 142 Å². The molecular formula is C19H20N6O5S. The molecule has 11 nitrogen and oxygen atoms in total. The van der Waals surface area contributed by atoms with E-state index in [2.05, 4.69) is 20.4 Å². The molecule has 2 heterocycles. The van der Waals surface area contributed by atoms with Gasteiger partial charge in [-0.3, -0.25) is 19.7 Å². The van der Waals surface area contributed by atoms with E-state index in [1.54, 1.807) is 31.4 Å². The number of para-hydroxylation sites is 1. The zero-order valence-electron chi connectivity index (χ0n) is 17.3. The van der Waals surface area contributed by atoms with Gasteiger partial charge >= 0.3 is 5.97 Å². The Morgan fingerprint density at radius 1 is 1.26 bits per heavy atom. The number of esters is 1. The molecule has 0 saturated carbocycles. The number of hydrogen-bond acceptors (Lipinski definition) is 9. The van der Waals surface area contributed by atoms with Crippen LogP contribution in [0.5, 0.6) is 0 Å². The fourth-order valence-electron chi connectivity index (χ4n) is 3.02. The highest BCUT2D eigenvalue weighted by molar-refractivity contribution is 7.98. The number of rotatable bonds is 7. The molecule has 0 radical (unpaired) electrons. The van der Waals surface area contributed by atoms with E-state index in [0.29, 0.717) is 33.4 Å². The molecule has 3 rings (SSSR count). The zero-order chi connectivity index (χ0) is 22.7. The lowest BCUT2D eigenvalue weighted by Gasteiger charge is -2.11. The summed E-state index contributed by atoms with van der Waals surface area (Å²) in [5.74, 6) is -0.865. The number of nitro groups is 1. The molecule has 0 aliphatic carbocycles. The van der Waals surface area contributed by atoms with E-state index in [1.807, 2.05) is 6.26 Å². The largest absolute Gasteiger partial charge is 0.455 e. The van der Waals surface area contributed by atoms with E-state index >= 15 is 0 Å². The van der Waals surface area contributed by atoms with Gasteiger partial charge in [-0.25, -0.2) is 9.50 Å². The van der Waals surface area contributed by atoms with Gasteiger partial charge in [-0.15, -0.1) is 5.10 Å². The Hall–Kier alpha value is -3.54. The number of aryl methyl sites for hydroxylation is 3. The maximum atomic E-state index is 12.3. The first-order chi connectivity index (χ1) is 14.7. The summed E-state index contributed by atoms with van der Waals surface area (Å²) in [6.07, 6.45) is 1.75. The molecule has 3 aromatic rings. The Kier molecular flexibility index (Phi) is 6.49. The fraction of sp³-hybridized carbons (Fsp3) is 0.316. The maximum absolute atomic E-state index is 12.3. The number of benzene rings is 1. The second-order valence-corrected chi connectivity index (χ2v) is 7.46. The van der Waals surface area contributed by atoms with Crippen molar-refractivity contribution in [2.45, 2.75) is 32.3 Å². The van der Waals surface area contributed by atoms with Gasteiger partial charge in [0.2, 0.25) is 5.16 Å². The number of fused-ring (bicyclic) bond motifs is 1. The predicted molar refractivity (Wildman–Crippen MR) is 113 cm³/mol. The van der Waals surface area contributed by atoms with Crippen molar-refractivity contribution in [3.8, 4) is 0 Å². The van der Waals surface area contributed by atoms with Gasteiger partial charge in [0, 0.05) is 23.0 Å². The second kappa shape index (κ2) is 9.08. The number of carbonyl (C=O) groups is 2. The predicted octanol–water partition coefficient (Wildman–Crippen LogP) is 2.40. The summed E-state index contributed by atoms with van der Waals surface area (Å²) in [5, 5.41) is 18.5. The highest BCUT2D eigenvalue weighted by Crippen LogP contribution is 2.27. The first kappa shape index (κ1) is 22.2. The number of nitro benzene ring substituents is 1. The van der Waals surface area contributed by atoms with Crippen LogP contribution in [0.3, 0.4) is 0 Å². The zero-order valence-corrected chi connectivity index (χ0v) is 18.1. The van der Waals surface area contributed by atoms with E-state index in [1.165, 1.54) is 23.9 Å². The van der Waals surface area contributed by atoms with Gasteiger partial charge in [0.1, 0.15) is 5.69 Å². The minimum atomic E-state index is -0.673. The molecular weight excluding hydrogens is 424 g/mol. The molecule has 0 spiro atoms. The van der Waals surface area contributed by atoms with Crippen molar-refractivity contribution < 1.29 is 19.2 Å². The van der Waals surface area contributed by atoms with Crippen molar-refractivity contribution in [2.24, 2.45) is 0 Å². The number of hydrogen-bond donors (Lipinski definition) is 1. The molecule has 0 atom stereocenters. The lowest BCUT2D eigenvalue weighted by atomic mass is 10.1. The number of anilines is 1. The third-order valence-electron chi connectivity index (χ3n) is 4.61. The van der Waals surface area contributed by atoms with Crippen molar-refractivity contribution >= 4 is 40.8 Å². The standard InChI is InChI=1S/C19H20N6O5S/c1-10-6-5-7-14(25(28)29)17(10)21-15(26)9-30-16(27)8-13-11(2)20-18-22-19(31-4)23-24(18)12(13)3/h5-7H,8-9H2,1-4H3,(H,21,26). The van der Waals surface area contributed by atoms with Crippen molar-refractivity contribution in [1.29, 1.82) is 0 Å². The van der Waals surface area contributed by atoms with Gasteiger partial charge in [0.05, 0.1) is 11.3 Å². The Bertz CT molecular complexity index is 1190. The van der Waals surface area contributed by atoms with Crippen LogP contribution in [0.15, 0.2) is 23.4 Å². The van der Waals surface area contributed by atoms with E-state index < -0.39 is 23.4 Å². The van der Waals surface area contributed by atoms with E-state index in [4.69, 9.17) is 4.74 Å². The molecule has 0 aliphatic heterocycles. The quantitative estimate of drug-likeness (QED) is 0.251. The summed E-state index contributed by atoms with van der Waals surface area (Å²) in [5.41, 5.74) is 2.31. The SMILES string of the molecule is CSc1nc2nc(C)c(CC(=O)OCC(=O)Nc3c(C)cccc3[N+](=O)[O-])c(C)n2n1. The molecule has 31 heavy (non-hydrogen) atoms. The summed E-state index contributed by atoms with van der Waals surface area (Å²) in [6, 6.07) is 4.45. The number of aromatic nitrogens is 4. The van der Waals surface area contributed by atoms with Crippen LogP contribution >= 0.6 is 11.8 Å². The molecule has 0 fully saturated rings. The van der Waals surface area contributed by atoms with Gasteiger partial charge in [-0.2, -0.15) is 4.98 Å².